The number of hydrogen-bond donors (Lipinski definition) is 2. The average molecular weight is 276 g/mol. The van der Waals surface area contributed by atoms with E-state index in [-0.39, 0.29) is 0 Å². The van der Waals surface area contributed by atoms with Gasteiger partial charge >= 0.3 is 0 Å². The highest BCUT2D eigenvalue weighted by molar-refractivity contribution is 5.90. The predicted octanol–water partition coefficient (Wildman–Crippen LogP) is 2.79. The number of nitrogens with two attached hydrogens (primary N) is 1. The number of para-hydroxylation sites is 1. The molecule has 0 spiro atoms. The summed E-state index contributed by atoms with van der Waals surface area (Å²) in [7, 11) is 0. The van der Waals surface area contributed by atoms with Gasteiger partial charge in [0, 0.05) is 11.4 Å². The maximum Gasteiger partial charge on any atom is 0.222 e. The number of rotatable bonds is 2. The summed E-state index contributed by atoms with van der Waals surface area (Å²) in [5.74, 6) is 1.14. The van der Waals surface area contributed by atoms with Gasteiger partial charge in [-0.3, -0.25) is 0 Å². The van der Waals surface area contributed by atoms with Gasteiger partial charge in [-0.25, -0.2) is 4.98 Å². The average Bonchev–Trinajstić information content (AvgIpc) is 2.89. The second-order valence-corrected chi connectivity index (χ2v) is 5.47. The standard InChI is InChI=1S/C17H16N4/c18-17-20-15-8-4-3-7-14(15)16(21-17)19-13-9-11-5-1-2-6-12(11)10-13/h1-8,13H,9-10H2,(H3,18,19,20,21). The van der Waals surface area contributed by atoms with Crippen LogP contribution in [0.5, 0.6) is 0 Å². The third-order valence-corrected chi connectivity index (χ3v) is 4.01. The van der Waals surface area contributed by atoms with Crippen molar-refractivity contribution in [2.75, 3.05) is 11.1 Å². The van der Waals surface area contributed by atoms with Crippen LogP contribution in [0.2, 0.25) is 0 Å². The summed E-state index contributed by atoms with van der Waals surface area (Å²) in [5.41, 5.74) is 9.53. The van der Waals surface area contributed by atoms with Crippen LogP contribution < -0.4 is 11.1 Å². The van der Waals surface area contributed by atoms with Crippen molar-refractivity contribution < 1.29 is 0 Å². The number of nitrogen functional groups attached to an aromatic ring is 1. The Labute approximate surface area is 123 Å². The summed E-state index contributed by atoms with van der Waals surface area (Å²) >= 11 is 0. The van der Waals surface area contributed by atoms with Crippen LogP contribution in [-0.2, 0) is 12.8 Å². The minimum atomic E-state index is 0.312. The molecule has 1 heterocycles. The number of nitrogens with zero attached hydrogens (tertiary/aromatic N) is 2. The van der Waals surface area contributed by atoms with E-state index in [0.717, 1.165) is 29.6 Å². The molecular weight excluding hydrogens is 260 g/mol. The van der Waals surface area contributed by atoms with E-state index in [9.17, 15) is 0 Å². The Kier molecular flexibility index (Phi) is 2.74. The Morgan fingerprint density at radius 2 is 1.57 bits per heavy atom. The van der Waals surface area contributed by atoms with E-state index >= 15 is 0 Å². The monoisotopic (exact) mass is 276 g/mol. The minimum Gasteiger partial charge on any atom is -0.368 e. The van der Waals surface area contributed by atoms with E-state index < -0.39 is 0 Å². The van der Waals surface area contributed by atoms with Gasteiger partial charge in [0.05, 0.1) is 5.52 Å². The molecule has 2 aromatic carbocycles. The largest absolute Gasteiger partial charge is 0.368 e. The molecule has 0 saturated heterocycles. The van der Waals surface area contributed by atoms with E-state index in [1.54, 1.807) is 0 Å². The number of benzene rings is 2. The third kappa shape index (κ3) is 2.18. The lowest BCUT2D eigenvalue weighted by atomic mass is 10.1. The van der Waals surface area contributed by atoms with Crippen molar-refractivity contribution in [1.29, 1.82) is 0 Å². The van der Waals surface area contributed by atoms with Gasteiger partial charge < -0.3 is 11.1 Å². The Bertz CT molecular complexity index is 788. The molecule has 3 N–H and O–H groups in total. The zero-order valence-electron chi connectivity index (χ0n) is 11.6. The second-order valence-electron chi connectivity index (χ2n) is 5.47. The first-order valence-electron chi connectivity index (χ1n) is 7.15. The molecule has 0 aliphatic heterocycles. The minimum absolute atomic E-state index is 0.312. The fraction of sp³-hybridized carbons (Fsp3) is 0.176. The Morgan fingerprint density at radius 1 is 0.905 bits per heavy atom. The molecule has 0 bridgehead atoms. The lowest BCUT2D eigenvalue weighted by Crippen LogP contribution is -2.21. The van der Waals surface area contributed by atoms with Gasteiger partial charge in [-0.15, -0.1) is 0 Å². The topological polar surface area (TPSA) is 63.8 Å². The molecule has 1 aliphatic carbocycles. The molecular formula is C17H16N4. The third-order valence-electron chi connectivity index (χ3n) is 4.01. The van der Waals surface area contributed by atoms with E-state index in [1.807, 2.05) is 24.3 Å². The smallest absolute Gasteiger partial charge is 0.222 e. The fourth-order valence-corrected chi connectivity index (χ4v) is 3.06. The Hall–Kier alpha value is -2.62. The first-order valence-corrected chi connectivity index (χ1v) is 7.15. The second kappa shape index (κ2) is 4.74. The van der Waals surface area contributed by atoms with Gasteiger partial charge in [-0.05, 0) is 36.1 Å². The van der Waals surface area contributed by atoms with E-state index in [2.05, 4.69) is 39.6 Å². The van der Waals surface area contributed by atoms with Crippen molar-refractivity contribution in [2.45, 2.75) is 18.9 Å². The number of hydrogen-bond acceptors (Lipinski definition) is 4. The zero-order valence-corrected chi connectivity index (χ0v) is 11.6. The van der Waals surface area contributed by atoms with Crippen molar-refractivity contribution in [3.63, 3.8) is 0 Å². The Morgan fingerprint density at radius 3 is 2.33 bits per heavy atom. The summed E-state index contributed by atoms with van der Waals surface area (Å²) in [4.78, 5) is 8.66. The van der Waals surface area contributed by atoms with Crippen LogP contribution in [0, 0.1) is 0 Å². The summed E-state index contributed by atoms with van der Waals surface area (Å²) in [5, 5.41) is 4.56. The molecule has 0 amide bonds. The summed E-state index contributed by atoms with van der Waals surface area (Å²) in [6.45, 7) is 0. The zero-order chi connectivity index (χ0) is 14.2. The van der Waals surface area contributed by atoms with Gasteiger partial charge in [0.25, 0.3) is 0 Å². The summed E-state index contributed by atoms with van der Waals surface area (Å²) < 4.78 is 0. The fourth-order valence-electron chi connectivity index (χ4n) is 3.06. The van der Waals surface area contributed by atoms with E-state index in [0.29, 0.717) is 12.0 Å². The molecule has 0 atom stereocenters. The highest BCUT2D eigenvalue weighted by Gasteiger charge is 2.21. The van der Waals surface area contributed by atoms with Gasteiger partial charge in [0.15, 0.2) is 0 Å². The number of nitrogens with one attached hydrogen (secondary N) is 1. The molecule has 4 heteroatoms. The SMILES string of the molecule is Nc1nc(NC2Cc3ccccc3C2)c2ccccc2n1. The molecule has 1 aromatic heterocycles. The van der Waals surface area contributed by atoms with Crippen LogP contribution in [0.3, 0.4) is 0 Å². The molecule has 0 unspecified atom stereocenters. The molecule has 1 aliphatic rings. The van der Waals surface area contributed by atoms with E-state index in [1.165, 1.54) is 11.1 Å². The van der Waals surface area contributed by atoms with Crippen LogP contribution in [-0.4, -0.2) is 16.0 Å². The lowest BCUT2D eigenvalue weighted by Gasteiger charge is -2.14. The highest BCUT2D eigenvalue weighted by atomic mass is 15.1. The first kappa shape index (κ1) is 12.1. The maximum atomic E-state index is 5.82. The quantitative estimate of drug-likeness (QED) is 0.755. The van der Waals surface area contributed by atoms with Crippen LogP contribution in [0.15, 0.2) is 48.5 Å². The van der Waals surface area contributed by atoms with Gasteiger partial charge in [0.1, 0.15) is 5.82 Å². The summed E-state index contributed by atoms with van der Waals surface area (Å²) in [6.07, 6.45) is 2.04. The molecule has 0 saturated carbocycles. The maximum absolute atomic E-state index is 5.82. The van der Waals surface area contributed by atoms with Crippen LogP contribution in [0.25, 0.3) is 10.9 Å². The van der Waals surface area contributed by atoms with Gasteiger partial charge in [-0.1, -0.05) is 36.4 Å². The Balaban J connectivity index is 1.67. The molecule has 3 aromatic rings. The van der Waals surface area contributed by atoms with Crippen molar-refractivity contribution in [1.82, 2.24) is 9.97 Å². The molecule has 104 valence electrons. The first-order chi connectivity index (χ1) is 10.3. The number of fused-ring (bicyclic) bond motifs is 2. The summed E-state index contributed by atoms with van der Waals surface area (Å²) in [6, 6.07) is 16.9. The molecule has 4 nitrogen and oxygen atoms in total. The van der Waals surface area contributed by atoms with Crippen LogP contribution in [0.4, 0.5) is 11.8 Å². The van der Waals surface area contributed by atoms with Crippen molar-refractivity contribution in [3.8, 4) is 0 Å². The molecule has 0 fully saturated rings. The molecule has 0 radical (unpaired) electrons. The van der Waals surface area contributed by atoms with Crippen molar-refractivity contribution >= 4 is 22.7 Å². The van der Waals surface area contributed by atoms with Gasteiger partial charge in [-0.2, -0.15) is 4.98 Å². The van der Waals surface area contributed by atoms with Crippen molar-refractivity contribution in [3.05, 3.63) is 59.7 Å². The van der Waals surface area contributed by atoms with Crippen molar-refractivity contribution in [2.24, 2.45) is 0 Å². The predicted molar refractivity (Wildman–Crippen MR) is 85.2 cm³/mol. The number of aromatic nitrogens is 2. The molecule has 4 rings (SSSR count). The normalized spacial score (nSPS) is 14.3. The molecule has 21 heavy (non-hydrogen) atoms. The highest BCUT2D eigenvalue weighted by Crippen LogP contribution is 2.27. The van der Waals surface area contributed by atoms with Crippen LogP contribution in [0.1, 0.15) is 11.1 Å². The number of anilines is 2. The van der Waals surface area contributed by atoms with Crippen LogP contribution >= 0.6 is 0 Å². The van der Waals surface area contributed by atoms with Gasteiger partial charge in [0.2, 0.25) is 5.95 Å². The lowest BCUT2D eigenvalue weighted by molar-refractivity contribution is 0.770. The van der Waals surface area contributed by atoms with E-state index in [4.69, 9.17) is 5.73 Å².